The quantitative estimate of drug-likeness (QED) is 0.607. The fourth-order valence-corrected chi connectivity index (χ4v) is 4.13. The predicted octanol–water partition coefficient (Wildman–Crippen LogP) is 4.39. The van der Waals surface area contributed by atoms with E-state index in [1.807, 2.05) is 11.8 Å². The Kier molecular flexibility index (Phi) is 4.76. The molecule has 0 N–H and O–H groups in total. The third-order valence-corrected chi connectivity index (χ3v) is 5.26. The zero-order valence-electron chi connectivity index (χ0n) is 14.5. The summed E-state index contributed by atoms with van der Waals surface area (Å²) in [6, 6.07) is 13.3. The zero-order chi connectivity index (χ0) is 16.4. The molecule has 1 aliphatic heterocycles. The van der Waals surface area contributed by atoms with Crippen molar-refractivity contribution in [1.29, 1.82) is 0 Å². The molecule has 0 atom stereocenters. The summed E-state index contributed by atoms with van der Waals surface area (Å²) in [5.41, 5.74) is 6.86. The van der Waals surface area contributed by atoms with Crippen LogP contribution in [0, 0.1) is 20.8 Å². The van der Waals surface area contributed by atoms with Crippen molar-refractivity contribution in [3.63, 3.8) is 0 Å². The molecule has 0 spiro atoms. The smallest absolute Gasteiger partial charge is 0.239 e. The van der Waals surface area contributed by atoms with Crippen molar-refractivity contribution < 1.29 is 4.58 Å². The van der Waals surface area contributed by atoms with E-state index in [-0.39, 0.29) is 0 Å². The fourth-order valence-electron chi connectivity index (χ4n) is 3.52. The molecule has 1 aliphatic rings. The molecule has 0 aliphatic carbocycles. The van der Waals surface area contributed by atoms with Gasteiger partial charge < -0.3 is 0 Å². The number of benzene rings is 2. The lowest BCUT2D eigenvalue weighted by Gasteiger charge is -2.13. The summed E-state index contributed by atoms with van der Waals surface area (Å²) in [5, 5.41) is 0. The molecule has 2 aromatic rings. The first-order valence-corrected chi connectivity index (χ1v) is 9.36. The van der Waals surface area contributed by atoms with Gasteiger partial charge in [-0.2, -0.15) is 0 Å². The van der Waals surface area contributed by atoms with E-state index >= 15 is 0 Å². The van der Waals surface area contributed by atoms with Crippen molar-refractivity contribution in [3.8, 4) is 0 Å². The maximum Gasteiger partial charge on any atom is 0.239 e. The zero-order valence-corrected chi connectivity index (χ0v) is 15.3. The SMILES string of the molecule is CSc1ccccc1C[N+]1=CN(c2c(C)cc(C)cc2C)CC1. The van der Waals surface area contributed by atoms with Gasteiger partial charge in [0.1, 0.15) is 25.3 Å². The molecule has 0 bridgehead atoms. The predicted molar refractivity (Wildman–Crippen MR) is 101 cm³/mol. The Labute approximate surface area is 143 Å². The fraction of sp³-hybridized carbons (Fsp3) is 0.350. The van der Waals surface area contributed by atoms with Crippen LogP contribution in [0.2, 0.25) is 0 Å². The Balaban J connectivity index is 1.84. The summed E-state index contributed by atoms with van der Waals surface area (Å²) < 4.78 is 2.42. The average molecular weight is 326 g/mol. The van der Waals surface area contributed by atoms with Crippen LogP contribution in [0.5, 0.6) is 0 Å². The minimum Gasteiger partial charge on any atom is -0.260 e. The summed E-state index contributed by atoms with van der Waals surface area (Å²) in [6.07, 6.45) is 4.44. The number of aryl methyl sites for hydroxylation is 3. The van der Waals surface area contributed by atoms with E-state index in [0.717, 1.165) is 19.6 Å². The van der Waals surface area contributed by atoms with Gasteiger partial charge in [0.05, 0.1) is 0 Å². The van der Waals surface area contributed by atoms with Gasteiger partial charge in [-0.1, -0.05) is 35.9 Å². The number of thioether (sulfide) groups is 1. The Bertz CT molecular complexity index is 726. The van der Waals surface area contributed by atoms with Gasteiger partial charge in [0.25, 0.3) is 0 Å². The maximum absolute atomic E-state index is 2.42. The number of anilines is 1. The summed E-state index contributed by atoms with van der Waals surface area (Å²) in [7, 11) is 0. The highest BCUT2D eigenvalue weighted by Crippen LogP contribution is 2.27. The average Bonchev–Trinajstić information content (AvgIpc) is 2.95. The van der Waals surface area contributed by atoms with Crippen LogP contribution in [-0.2, 0) is 6.54 Å². The molecule has 0 saturated heterocycles. The first-order chi connectivity index (χ1) is 11.1. The molecular formula is C20H25N2S+. The summed E-state index contributed by atoms with van der Waals surface area (Å²) in [5.74, 6) is 0. The molecule has 2 aromatic carbocycles. The molecular weight excluding hydrogens is 300 g/mol. The Morgan fingerprint density at radius 3 is 2.48 bits per heavy atom. The Morgan fingerprint density at radius 1 is 1.09 bits per heavy atom. The topological polar surface area (TPSA) is 6.25 Å². The van der Waals surface area contributed by atoms with Crippen molar-refractivity contribution in [3.05, 3.63) is 58.7 Å². The van der Waals surface area contributed by atoms with E-state index in [4.69, 9.17) is 0 Å². The van der Waals surface area contributed by atoms with Gasteiger partial charge in [-0.25, -0.2) is 4.90 Å². The van der Waals surface area contributed by atoms with Crippen LogP contribution in [0.4, 0.5) is 5.69 Å². The third-order valence-electron chi connectivity index (χ3n) is 4.42. The highest BCUT2D eigenvalue weighted by Gasteiger charge is 2.24. The summed E-state index contributed by atoms with van der Waals surface area (Å²) in [6.45, 7) is 9.73. The minimum atomic E-state index is 0.984. The van der Waals surface area contributed by atoms with E-state index in [1.165, 1.54) is 32.8 Å². The van der Waals surface area contributed by atoms with Crippen molar-refractivity contribution >= 4 is 23.8 Å². The molecule has 2 nitrogen and oxygen atoms in total. The monoisotopic (exact) mass is 325 g/mol. The van der Waals surface area contributed by atoms with Gasteiger partial charge in [0, 0.05) is 10.5 Å². The van der Waals surface area contributed by atoms with Crippen molar-refractivity contribution in [2.24, 2.45) is 0 Å². The van der Waals surface area contributed by atoms with Crippen LogP contribution in [0.15, 0.2) is 41.3 Å². The lowest BCUT2D eigenvalue weighted by atomic mass is 10.0. The van der Waals surface area contributed by atoms with Gasteiger partial charge in [-0.3, -0.25) is 4.58 Å². The van der Waals surface area contributed by atoms with Crippen molar-refractivity contribution in [1.82, 2.24) is 0 Å². The van der Waals surface area contributed by atoms with Crippen LogP contribution in [-0.4, -0.2) is 30.3 Å². The first-order valence-electron chi connectivity index (χ1n) is 8.14. The summed E-state index contributed by atoms with van der Waals surface area (Å²) >= 11 is 1.83. The largest absolute Gasteiger partial charge is 0.260 e. The van der Waals surface area contributed by atoms with E-state index in [2.05, 4.69) is 79.2 Å². The Hall–Kier alpha value is -1.74. The normalized spacial score (nSPS) is 14.3. The number of nitrogens with zero attached hydrogens (tertiary/aromatic N) is 2. The molecule has 1 heterocycles. The van der Waals surface area contributed by atoms with Gasteiger partial charge in [0.2, 0.25) is 6.34 Å². The first kappa shape index (κ1) is 16.1. The van der Waals surface area contributed by atoms with E-state index in [0.29, 0.717) is 0 Å². The van der Waals surface area contributed by atoms with Crippen molar-refractivity contribution in [2.75, 3.05) is 24.2 Å². The van der Waals surface area contributed by atoms with E-state index in [1.54, 1.807) is 0 Å². The lowest BCUT2D eigenvalue weighted by molar-refractivity contribution is -0.530. The number of hydrogen-bond donors (Lipinski definition) is 0. The third kappa shape index (κ3) is 3.45. The minimum absolute atomic E-state index is 0.984. The molecule has 0 saturated carbocycles. The lowest BCUT2D eigenvalue weighted by Crippen LogP contribution is -2.20. The second-order valence-electron chi connectivity index (χ2n) is 6.34. The molecule has 0 aromatic heterocycles. The standard InChI is InChI=1S/C20H25N2S/c1-15-11-16(2)20(17(3)12-15)22-10-9-21(14-22)13-18-7-5-6-8-19(18)23-4/h5-8,11-12,14H,9-10,13H2,1-4H3/q+1. The second kappa shape index (κ2) is 6.79. The molecule has 0 fully saturated rings. The molecule has 0 amide bonds. The van der Waals surface area contributed by atoms with Gasteiger partial charge >= 0.3 is 0 Å². The highest BCUT2D eigenvalue weighted by molar-refractivity contribution is 7.98. The van der Waals surface area contributed by atoms with Gasteiger partial charge in [0.15, 0.2) is 0 Å². The van der Waals surface area contributed by atoms with Gasteiger partial charge in [-0.15, -0.1) is 11.8 Å². The van der Waals surface area contributed by atoms with E-state index in [9.17, 15) is 0 Å². The molecule has 3 heteroatoms. The molecule has 120 valence electrons. The highest BCUT2D eigenvalue weighted by atomic mass is 32.2. The van der Waals surface area contributed by atoms with Gasteiger partial charge in [-0.05, 0) is 44.2 Å². The molecule has 23 heavy (non-hydrogen) atoms. The number of hydrogen-bond acceptors (Lipinski definition) is 2. The summed E-state index contributed by atoms with van der Waals surface area (Å²) in [4.78, 5) is 3.79. The van der Waals surface area contributed by atoms with Crippen LogP contribution >= 0.6 is 11.8 Å². The van der Waals surface area contributed by atoms with Crippen LogP contribution in [0.3, 0.4) is 0 Å². The van der Waals surface area contributed by atoms with Crippen LogP contribution < -0.4 is 4.90 Å². The second-order valence-corrected chi connectivity index (χ2v) is 7.19. The molecule has 3 rings (SSSR count). The molecule has 0 radical (unpaired) electrons. The number of rotatable bonds is 4. The molecule has 0 unspecified atom stereocenters. The maximum atomic E-state index is 2.42. The van der Waals surface area contributed by atoms with Crippen LogP contribution in [0.25, 0.3) is 0 Å². The Morgan fingerprint density at radius 2 is 1.78 bits per heavy atom. The van der Waals surface area contributed by atoms with Crippen molar-refractivity contribution in [2.45, 2.75) is 32.2 Å². The van der Waals surface area contributed by atoms with Crippen LogP contribution in [0.1, 0.15) is 22.3 Å². The van der Waals surface area contributed by atoms with E-state index < -0.39 is 0 Å².